The minimum Gasteiger partial charge on any atom is -0.494 e. The van der Waals surface area contributed by atoms with Crippen LogP contribution in [0.15, 0.2) is 58.2 Å². The summed E-state index contributed by atoms with van der Waals surface area (Å²) in [5, 5.41) is 3.43. The molecular weight excluding hydrogens is 472 g/mol. The maximum Gasteiger partial charge on any atom is 0.201 e. The lowest BCUT2D eigenvalue weighted by molar-refractivity contribution is 0.372. The zero-order valence-corrected chi connectivity index (χ0v) is 19.5. The van der Waals surface area contributed by atoms with Gasteiger partial charge in [-0.3, -0.25) is 4.40 Å². The largest absolute Gasteiger partial charge is 0.494 e. The number of methoxy groups -OCH3 is 1. The summed E-state index contributed by atoms with van der Waals surface area (Å²) >= 11 is 6.39. The first-order chi connectivity index (χ1) is 15.8. The van der Waals surface area contributed by atoms with Crippen LogP contribution in [0.5, 0.6) is 5.75 Å². The van der Waals surface area contributed by atoms with Gasteiger partial charge < -0.3 is 10.1 Å². The molecule has 4 aromatic rings. The van der Waals surface area contributed by atoms with Gasteiger partial charge in [-0.05, 0) is 30.3 Å². The van der Waals surface area contributed by atoms with Crippen LogP contribution in [-0.2, 0) is 9.73 Å². The second-order valence-corrected chi connectivity index (χ2v) is 10.0. The van der Waals surface area contributed by atoms with Gasteiger partial charge in [-0.2, -0.15) is 4.39 Å². The van der Waals surface area contributed by atoms with Crippen molar-refractivity contribution in [3.8, 4) is 17.0 Å². The third kappa shape index (κ3) is 4.00. The number of nitrogens with one attached hydrogen (secondary N) is 1. The predicted octanol–water partition coefficient (Wildman–Crippen LogP) is 5.56. The Morgan fingerprint density at radius 3 is 2.67 bits per heavy atom. The van der Waals surface area contributed by atoms with E-state index in [1.165, 1.54) is 38.7 Å². The van der Waals surface area contributed by atoms with Crippen molar-refractivity contribution in [2.75, 3.05) is 25.2 Å². The van der Waals surface area contributed by atoms with Crippen molar-refractivity contribution >= 4 is 38.5 Å². The van der Waals surface area contributed by atoms with Crippen molar-refractivity contribution in [3.63, 3.8) is 0 Å². The zero-order valence-electron chi connectivity index (χ0n) is 18.0. The Kier molecular flexibility index (Phi) is 6.22. The van der Waals surface area contributed by atoms with Crippen LogP contribution in [0.1, 0.15) is 6.92 Å². The molecule has 0 fully saturated rings. The number of anilines is 2. The minimum absolute atomic E-state index is 0.0305. The average Bonchev–Trinajstić information content (AvgIpc) is 3.25. The third-order valence-corrected chi connectivity index (χ3v) is 8.04. The molecule has 0 radical (unpaired) electrons. The number of aromatic nitrogens is 3. The fourth-order valence-electron chi connectivity index (χ4n) is 3.45. The predicted molar refractivity (Wildman–Crippen MR) is 125 cm³/mol. The summed E-state index contributed by atoms with van der Waals surface area (Å²) in [6.07, 6.45) is 4.54. The molecule has 4 rings (SSSR count). The van der Waals surface area contributed by atoms with E-state index in [-0.39, 0.29) is 11.3 Å². The lowest BCUT2D eigenvalue weighted by Crippen LogP contribution is -2.05. The Balaban J connectivity index is 1.74. The monoisotopic (exact) mass is 491 g/mol. The molecule has 0 aliphatic heterocycles. The van der Waals surface area contributed by atoms with Crippen LogP contribution in [0.2, 0.25) is 5.02 Å². The van der Waals surface area contributed by atoms with Gasteiger partial charge >= 0.3 is 0 Å². The molecule has 0 bridgehead atoms. The van der Waals surface area contributed by atoms with Crippen molar-refractivity contribution in [2.45, 2.75) is 11.8 Å². The summed E-state index contributed by atoms with van der Waals surface area (Å²) in [6.45, 7) is 1.79. The molecule has 2 aromatic carbocycles. The Labute approximate surface area is 194 Å². The molecular formula is C22H20ClF2N5O2S. The third-order valence-electron chi connectivity index (χ3n) is 5.20. The highest BCUT2D eigenvalue weighted by Gasteiger charge is 2.19. The first kappa shape index (κ1) is 22.9. The highest BCUT2D eigenvalue weighted by Crippen LogP contribution is 2.32. The van der Waals surface area contributed by atoms with E-state index in [9.17, 15) is 13.0 Å². The molecule has 7 nitrogen and oxygen atoms in total. The first-order valence-electron chi connectivity index (χ1n) is 9.87. The lowest BCUT2D eigenvalue weighted by Gasteiger charge is -2.12. The van der Waals surface area contributed by atoms with Gasteiger partial charge in [0.2, 0.25) is 5.82 Å². The first-order valence-corrected chi connectivity index (χ1v) is 11.9. The molecule has 11 heteroatoms. The van der Waals surface area contributed by atoms with E-state index in [0.717, 1.165) is 0 Å². The van der Waals surface area contributed by atoms with E-state index < -0.39 is 21.4 Å². The molecule has 0 amide bonds. The van der Waals surface area contributed by atoms with Crippen LogP contribution < -0.4 is 10.1 Å². The minimum atomic E-state index is -2.58. The van der Waals surface area contributed by atoms with Gasteiger partial charge in [-0.1, -0.05) is 18.5 Å². The Bertz CT molecular complexity index is 1480. The molecule has 0 aliphatic carbocycles. The van der Waals surface area contributed by atoms with Gasteiger partial charge in [0.05, 0.1) is 38.6 Å². The standard InChI is InChI=1S/C22H20ClF2N5O2S/c1-4-33(31,26-2)18-8-5-13(11-15(18)23)29-21-22-28-12-16(30(22)10-9-27-21)14-6-7-17(32-3)20(25)19(14)24/h5-12H,4H2,1-3H3,(H,27,29). The van der Waals surface area contributed by atoms with Crippen LogP contribution in [0.3, 0.4) is 0 Å². The molecule has 33 heavy (non-hydrogen) atoms. The molecule has 0 aliphatic rings. The second-order valence-electron chi connectivity index (χ2n) is 6.94. The van der Waals surface area contributed by atoms with Gasteiger partial charge in [0, 0.05) is 36.4 Å². The fourth-order valence-corrected chi connectivity index (χ4v) is 5.40. The summed E-state index contributed by atoms with van der Waals surface area (Å²) in [5.74, 6) is -1.58. The molecule has 172 valence electrons. The summed E-state index contributed by atoms with van der Waals surface area (Å²) in [5.41, 5.74) is 1.35. The number of ether oxygens (including phenoxy) is 1. The Morgan fingerprint density at radius 1 is 1.21 bits per heavy atom. The molecule has 0 spiro atoms. The highest BCUT2D eigenvalue weighted by molar-refractivity contribution is 7.93. The second kappa shape index (κ2) is 8.95. The van der Waals surface area contributed by atoms with E-state index in [1.807, 2.05) is 0 Å². The molecule has 0 saturated heterocycles. The molecule has 1 N–H and O–H groups in total. The van der Waals surface area contributed by atoms with E-state index in [1.54, 1.807) is 35.7 Å². The number of rotatable bonds is 6. The number of fused-ring (bicyclic) bond motifs is 1. The van der Waals surface area contributed by atoms with Crippen molar-refractivity contribution < 1.29 is 17.7 Å². The summed E-state index contributed by atoms with van der Waals surface area (Å²) in [6, 6.07) is 7.79. The van der Waals surface area contributed by atoms with Crippen LogP contribution >= 0.6 is 11.6 Å². The fraction of sp³-hybridized carbons (Fsp3) is 0.182. The number of imidazole rings is 1. The summed E-state index contributed by atoms with van der Waals surface area (Å²) < 4.78 is 52.2. The molecule has 1 unspecified atom stereocenters. The number of benzene rings is 2. The Hall–Kier alpha value is -3.24. The summed E-state index contributed by atoms with van der Waals surface area (Å²) in [7, 11) is 0.196. The van der Waals surface area contributed by atoms with Gasteiger partial charge in [0.1, 0.15) is 0 Å². The van der Waals surface area contributed by atoms with Crippen molar-refractivity contribution in [1.29, 1.82) is 0 Å². The molecule has 1 atom stereocenters. The van der Waals surface area contributed by atoms with Crippen molar-refractivity contribution in [3.05, 3.63) is 65.6 Å². The smallest absolute Gasteiger partial charge is 0.201 e. The van der Waals surface area contributed by atoms with E-state index in [0.29, 0.717) is 38.5 Å². The average molecular weight is 492 g/mol. The van der Waals surface area contributed by atoms with E-state index >= 15 is 0 Å². The van der Waals surface area contributed by atoms with Crippen molar-refractivity contribution in [2.24, 2.45) is 4.36 Å². The van der Waals surface area contributed by atoms with Gasteiger partial charge in [-0.25, -0.2) is 22.9 Å². The maximum absolute atomic E-state index is 14.7. The highest BCUT2D eigenvalue weighted by atomic mass is 35.5. The van der Waals surface area contributed by atoms with Crippen LogP contribution in [0, 0.1) is 11.6 Å². The SMILES string of the molecule is CCS(=O)(=NC)c1ccc(Nc2nccn3c(-c4ccc(OC)c(F)c4F)cnc23)cc1Cl. The summed E-state index contributed by atoms with van der Waals surface area (Å²) in [4.78, 5) is 9.11. The van der Waals surface area contributed by atoms with E-state index in [4.69, 9.17) is 16.3 Å². The lowest BCUT2D eigenvalue weighted by atomic mass is 10.1. The number of nitrogens with zero attached hydrogens (tertiary/aromatic N) is 4. The normalized spacial score (nSPS) is 13.0. The van der Waals surface area contributed by atoms with Gasteiger partial charge in [0.15, 0.2) is 23.0 Å². The van der Waals surface area contributed by atoms with Crippen LogP contribution in [0.25, 0.3) is 16.9 Å². The van der Waals surface area contributed by atoms with Crippen molar-refractivity contribution in [1.82, 2.24) is 14.4 Å². The Morgan fingerprint density at radius 2 is 2.00 bits per heavy atom. The van der Waals surface area contributed by atoms with Crippen LogP contribution in [-0.4, -0.2) is 38.5 Å². The van der Waals surface area contributed by atoms with Gasteiger partial charge in [0.25, 0.3) is 0 Å². The quantitative estimate of drug-likeness (QED) is 0.382. The zero-order chi connectivity index (χ0) is 23.8. The molecule has 2 heterocycles. The number of hydrogen-bond acceptors (Lipinski definition) is 6. The van der Waals surface area contributed by atoms with Gasteiger partial charge in [-0.15, -0.1) is 0 Å². The van der Waals surface area contributed by atoms with E-state index in [2.05, 4.69) is 19.6 Å². The molecule has 0 saturated carbocycles. The number of hydrogen-bond donors (Lipinski definition) is 1. The number of halogens is 3. The van der Waals surface area contributed by atoms with Crippen LogP contribution in [0.4, 0.5) is 20.3 Å². The molecule has 2 aromatic heterocycles. The topological polar surface area (TPSA) is 80.9 Å². The maximum atomic E-state index is 14.7.